The van der Waals surface area contributed by atoms with Gasteiger partial charge in [0.15, 0.2) is 0 Å². The van der Waals surface area contributed by atoms with Crippen molar-refractivity contribution in [1.82, 2.24) is 5.32 Å². The zero-order valence-corrected chi connectivity index (χ0v) is 9.25. The van der Waals surface area contributed by atoms with Crippen LogP contribution in [-0.2, 0) is 0 Å². The number of hydrogen-bond acceptors (Lipinski definition) is 2. The summed E-state index contributed by atoms with van der Waals surface area (Å²) in [6, 6.07) is 0.993. The van der Waals surface area contributed by atoms with Crippen LogP contribution in [0.5, 0.6) is 0 Å². The fourth-order valence-corrected chi connectivity index (χ4v) is 2.02. The zero-order valence-electron chi connectivity index (χ0n) is 9.25. The Hall–Kier alpha value is -0.0800. The second-order valence-electron chi connectivity index (χ2n) is 4.99. The van der Waals surface area contributed by atoms with Crippen molar-refractivity contribution in [2.75, 3.05) is 0 Å². The molecule has 0 amide bonds. The molecule has 2 nitrogen and oxygen atoms in total. The summed E-state index contributed by atoms with van der Waals surface area (Å²) in [5, 5.41) is 13.3. The molecule has 1 rings (SSSR count). The lowest BCUT2D eigenvalue weighted by Crippen LogP contribution is -2.51. The number of aliphatic hydroxyl groups excluding tert-OH is 1. The average molecular weight is 185 g/mol. The Morgan fingerprint density at radius 2 is 1.38 bits per heavy atom. The Bertz CT molecular complexity index is 140. The Morgan fingerprint density at radius 3 is 1.69 bits per heavy atom. The molecular weight excluding hydrogens is 162 g/mol. The van der Waals surface area contributed by atoms with Gasteiger partial charge in [-0.3, -0.25) is 0 Å². The van der Waals surface area contributed by atoms with Crippen LogP contribution < -0.4 is 5.32 Å². The van der Waals surface area contributed by atoms with Crippen LogP contribution >= 0.6 is 0 Å². The summed E-state index contributed by atoms with van der Waals surface area (Å²) < 4.78 is 0. The van der Waals surface area contributed by atoms with Gasteiger partial charge >= 0.3 is 0 Å². The van der Waals surface area contributed by atoms with E-state index in [2.05, 4.69) is 33.0 Å². The number of hydrogen-bond donors (Lipinski definition) is 2. The van der Waals surface area contributed by atoms with E-state index in [0.29, 0.717) is 23.9 Å². The van der Waals surface area contributed by atoms with Gasteiger partial charge in [-0.25, -0.2) is 0 Å². The van der Waals surface area contributed by atoms with E-state index in [1.165, 1.54) is 0 Å². The molecule has 0 aromatic carbocycles. The zero-order chi connectivity index (χ0) is 10.0. The van der Waals surface area contributed by atoms with Gasteiger partial charge in [0, 0.05) is 12.1 Å². The molecular formula is C11H23NO. The topological polar surface area (TPSA) is 32.3 Å². The molecule has 2 heteroatoms. The minimum atomic E-state index is -0.0963. The van der Waals surface area contributed by atoms with Gasteiger partial charge in [0.05, 0.1) is 6.10 Å². The summed E-state index contributed by atoms with van der Waals surface area (Å²) in [7, 11) is 0. The van der Waals surface area contributed by atoms with Gasteiger partial charge in [-0.2, -0.15) is 0 Å². The van der Waals surface area contributed by atoms with Crippen LogP contribution in [0.2, 0.25) is 0 Å². The fourth-order valence-electron chi connectivity index (χ4n) is 2.02. The van der Waals surface area contributed by atoms with E-state index < -0.39 is 0 Å². The highest BCUT2D eigenvalue weighted by atomic mass is 16.3. The van der Waals surface area contributed by atoms with E-state index in [4.69, 9.17) is 0 Å². The quantitative estimate of drug-likeness (QED) is 0.687. The molecule has 13 heavy (non-hydrogen) atoms. The van der Waals surface area contributed by atoms with Crippen LogP contribution in [0.4, 0.5) is 0 Å². The van der Waals surface area contributed by atoms with Crippen molar-refractivity contribution in [1.29, 1.82) is 0 Å². The second-order valence-corrected chi connectivity index (χ2v) is 4.99. The number of rotatable bonds is 2. The maximum Gasteiger partial charge on any atom is 0.0570 e. The van der Waals surface area contributed by atoms with Crippen LogP contribution in [0.15, 0.2) is 0 Å². The van der Waals surface area contributed by atoms with E-state index in [0.717, 1.165) is 12.8 Å². The molecule has 2 unspecified atom stereocenters. The van der Waals surface area contributed by atoms with Gasteiger partial charge in [-0.05, 0) is 24.7 Å². The van der Waals surface area contributed by atoms with Crippen molar-refractivity contribution >= 4 is 0 Å². The third kappa shape index (κ3) is 2.96. The summed E-state index contributed by atoms with van der Waals surface area (Å²) in [5.74, 6) is 1.24. The molecule has 0 spiro atoms. The van der Waals surface area contributed by atoms with E-state index in [1.54, 1.807) is 0 Å². The Kier molecular flexibility index (Phi) is 3.74. The van der Waals surface area contributed by atoms with Gasteiger partial charge in [-0.15, -0.1) is 0 Å². The standard InChI is InChI=1S/C11H23NO/c1-7(2)10-5-9(13)6-11(12-10)8(3)4/h7-13H,5-6H2,1-4H3. The molecule has 0 saturated carbocycles. The molecule has 1 aliphatic rings. The van der Waals surface area contributed by atoms with E-state index in [9.17, 15) is 5.11 Å². The van der Waals surface area contributed by atoms with Crippen molar-refractivity contribution in [3.8, 4) is 0 Å². The third-order valence-electron chi connectivity index (χ3n) is 3.09. The highest BCUT2D eigenvalue weighted by molar-refractivity contribution is 4.88. The molecule has 1 heterocycles. The van der Waals surface area contributed by atoms with Crippen molar-refractivity contribution in [3.05, 3.63) is 0 Å². The van der Waals surface area contributed by atoms with Crippen molar-refractivity contribution in [2.24, 2.45) is 11.8 Å². The van der Waals surface area contributed by atoms with Crippen molar-refractivity contribution in [3.63, 3.8) is 0 Å². The minimum Gasteiger partial charge on any atom is -0.393 e. The van der Waals surface area contributed by atoms with E-state index in [-0.39, 0.29) is 6.10 Å². The molecule has 0 aliphatic carbocycles. The Morgan fingerprint density at radius 1 is 1.00 bits per heavy atom. The highest BCUT2D eigenvalue weighted by Gasteiger charge is 2.29. The summed E-state index contributed by atoms with van der Waals surface area (Å²) in [5.41, 5.74) is 0. The maximum atomic E-state index is 9.71. The first-order chi connectivity index (χ1) is 6.00. The number of nitrogens with one attached hydrogen (secondary N) is 1. The molecule has 0 aromatic heterocycles. The predicted octanol–water partition coefficient (Wildman–Crippen LogP) is 1.78. The largest absolute Gasteiger partial charge is 0.393 e. The smallest absolute Gasteiger partial charge is 0.0570 e. The lowest BCUT2D eigenvalue weighted by atomic mass is 9.85. The monoisotopic (exact) mass is 185 g/mol. The first-order valence-corrected chi connectivity index (χ1v) is 5.44. The lowest BCUT2D eigenvalue weighted by Gasteiger charge is -2.38. The van der Waals surface area contributed by atoms with Crippen LogP contribution in [-0.4, -0.2) is 23.3 Å². The SMILES string of the molecule is CC(C)C1CC(O)CC(C(C)C)N1. The van der Waals surface area contributed by atoms with Crippen LogP contribution in [0.3, 0.4) is 0 Å². The average Bonchev–Trinajstić information content (AvgIpc) is 2.03. The maximum absolute atomic E-state index is 9.71. The molecule has 1 saturated heterocycles. The van der Waals surface area contributed by atoms with Gasteiger partial charge in [0.1, 0.15) is 0 Å². The molecule has 2 N–H and O–H groups in total. The number of piperidine rings is 1. The van der Waals surface area contributed by atoms with Gasteiger partial charge in [0.2, 0.25) is 0 Å². The first kappa shape index (κ1) is 11.0. The minimum absolute atomic E-state index is 0.0963. The molecule has 1 aliphatic heterocycles. The van der Waals surface area contributed by atoms with Gasteiger partial charge < -0.3 is 10.4 Å². The van der Waals surface area contributed by atoms with Crippen LogP contribution in [0.1, 0.15) is 40.5 Å². The molecule has 0 bridgehead atoms. The third-order valence-corrected chi connectivity index (χ3v) is 3.09. The van der Waals surface area contributed by atoms with E-state index >= 15 is 0 Å². The van der Waals surface area contributed by atoms with Crippen LogP contribution in [0.25, 0.3) is 0 Å². The predicted molar refractivity (Wildman–Crippen MR) is 55.6 cm³/mol. The second kappa shape index (κ2) is 4.43. The molecule has 0 aromatic rings. The van der Waals surface area contributed by atoms with Crippen molar-refractivity contribution in [2.45, 2.75) is 58.7 Å². The molecule has 1 fully saturated rings. The van der Waals surface area contributed by atoms with Crippen LogP contribution in [0, 0.1) is 11.8 Å². The normalized spacial score (nSPS) is 35.8. The molecule has 78 valence electrons. The first-order valence-electron chi connectivity index (χ1n) is 5.44. The summed E-state index contributed by atoms with van der Waals surface area (Å²) in [4.78, 5) is 0. The molecule has 2 atom stereocenters. The highest BCUT2D eigenvalue weighted by Crippen LogP contribution is 2.22. The number of aliphatic hydroxyl groups is 1. The molecule has 0 radical (unpaired) electrons. The van der Waals surface area contributed by atoms with E-state index in [1.807, 2.05) is 0 Å². The van der Waals surface area contributed by atoms with Gasteiger partial charge in [0.25, 0.3) is 0 Å². The van der Waals surface area contributed by atoms with Gasteiger partial charge in [-0.1, -0.05) is 27.7 Å². The fraction of sp³-hybridized carbons (Fsp3) is 1.00. The van der Waals surface area contributed by atoms with Crippen molar-refractivity contribution < 1.29 is 5.11 Å². The summed E-state index contributed by atoms with van der Waals surface area (Å²) >= 11 is 0. The lowest BCUT2D eigenvalue weighted by molar-refractivity contribution is 0.0698. The Balaban J connectivity index is 2.52. The summed E-state index contributed by atoms with van der Waals surface area (Å²) in [6.45, 7) is 8.86. The summed E-state index contributed by atoms with van der Waals surface area (Å²) in [6.07, 6.45) is 1.74. The Labute approximate surface area is 81.7 Å².